The van der Waals surface area contributed by atoms with Gasteiger partial charge in [0.2, 0.25) is 15.9 Å². The fourth-order valence-electron chi connectivity index (χ4n) is 2.65. The molecule has 0 spiro atoms. The number of nitrogens with one attached hydrogen (secondary N) is 2. The third-order valence-corrected chi connectivity index (χ3v) is 5.79. The van der Waals surface area contributed by atoms with Gasteiger partial charge in [-0.3, -0.25) is 4.79 Å². The quantitative estimate of drug-likeness (QED) is 0.809. The number of aryl methyl sites for hydroxylation is 2. The molecule has 2 aromatic carbocycles. The largest absolute Gasteiger partial charge is 0.324 e. The summed E-state index contributed by atoms with van der Waals surface area (Å²) in [6, 6.07) is 11.4. The lowest BCUT2D eigenvalue weighted by molar-refractivity contribution is -0.117. The molecule has 0 aliphatic rings. The molecule has 5 nitrogen and oxygen atoms in total. The van der Waals surface area contributed by atoms with E-state index in [1.165, 1.54) is 19.1 Å². The number of rotatable bonds is 6. The zero-order valence-electron chi connectivity index (χ0n) is 15.8. The number of hydrogen-bond donors (Lipinski definition) is 2. The molecule has 0 heterocycles. The third-order valence-electron chi connectivity index (χ3n) is 4.23. The fraction of sp³-hybridized carbons (Fsp3) is 0.350. The first-order chi connectivity index (χ1) is 12.1. The van der Waals surface area contributed by atoms with Gasteiger partial charge in [-0.25, -0.2) is 8.42 Å². The molecule has 0 fully saturated rings. The summed E-state index contributed by atoms with van der Waals surface area (Å²) in [7, 11) is -3.76. The summed E-state index contributed by atoms with van der Waals surface area (Å²) in [6.45, 7) is 9.44. The highest BCUT2D eigenvalue weighted by atomic mass is 32.2. The summed E-state index contributed by atoms with van der Waals surface area (Å²) in [4.78, 5) is 12.7. The topological polar surface area (TPSA) is 75.3 Å². The molecule has 1 atom stereocenters. The third kappa shape index (κ3) is 4.71. The Hall–Kier alpha value is -2.18. The molecule has 0 saturated heterocycles. The molecule has 0 aliphatic heterocycles. The van der Waals surface area contributed by atoms with Crippen molar-refractivity contribution in [1.29, 1.82) is 0 Å². The van der Waals surface area contributed by atoms with Crippen LogP contribution in [0.25, 0.3) is 0 Å². The van der Waals surface area contributed by atoms with Crippen LogP contribution in [0.3, 0.4) is 0 Å². The maximum atomic E-state index is 12.6. The van der Waals surface area contributed by atoms with Gasteiger partial charge >= 0.3 is 0 Å². The molecule has 2 N–H and O–H groups in total. The van der Waals surface area contributed by atoms with Crippen molar-refractivity contribution in [3.8, 4) is 0 Å². The Morgan fingerprint density at radius 3 is 2.15 bits per heavy atom. The standard InChI is InChI=1S/C20H26N2O3S/c1-13(2)18-8-6-7-15(4)19(18)21-20(23)16(5)22-26(24,25)17-11-9-14(3)10-12-17/h6-13,16,22H,1-5H3,(H,21,23)/t16-/m1/s1. The van der Waals surface area contributed by atoms with Crippen LogP contribution in [0.2, 0.25) is 0 Å². The van der Waals surface area contributed by atoms with E-state index >= 15 is 0 Å². The van der Waals surface area contributed by atoms with Crippen molar-refractivity contribution >= 4 is 21.6 Å². The van der Waals surface area contributed by atoms with Crippen LogP contribution in [0.4, 0.5) is 5.69 Å². The molecule has 0 aromatic heterocycles. The maximum absolute atomic E-state index is 12.6. The monoisotopic (exact) mass is 374 g/mol. The molecule has 0 saturated carbocycles. The molecule has 0 radical (unpaired) electrons. The minimum atomic E-state index is -3.76. The molecular formula is C20H26N2O3S. The van der Waals surface area contributed by atoms with Crippen molar-refractivity contribution in [3.63, 3.8) is 0 Å². The minimum Gasteiger partial charge on any atom is -0.324 e. The number of carbonyl (C=O) groups excluding carboxylic acids is 1. The van der Waals surface area contributed by atoms with E-state index in [2.05, 4.69) is 10.0 Å². The van der Waals surface area contributed by atoms with Gasteiger partial charge in [0.15, 0.2) is 0 Å². The highest BCUT2D eigenvalue weighted by molar-refractivity contribution is 7.89. The van der Waals surface area contributed by atoms with Gasteiger partial charge in [0, 0.05) is 5.69 Å². The number of para-hydroxylation sites is 1. The number of sulfonamides is 1. The van der Waals surface area contributed by atoms with Crippen LogP contribution in [0, 0.1) is 13.8 Å². The molecule has 1 amide bonds. The van der Waals surface area contributed by atoms with Crippen molar-refractivity contribution in [2.24, 2.45) is 0 Å². The predicted molar refractivity (Wildman–Crippen MR) is 105 cm³/mol. The predicted octanol–water partition coefficient (Wildman–Crippen LogP) is 3.73. The van der Waals surface area contributed by atoms with E-state index in [1.54, 1.807) is 12.1 Å². The van der Waals surface area contributed by atoms with Gasteiger partial charge < -0.3 is 5.32 Å². The van der Waals surface area contributed by atoms with Gasteiger partial charge in [0.05, 0.1) is 10.9 Å². The van der Waals surface area contributed by atoms with Crippen LogP contribution in [0.1, 0.15) is 43.4 Å². The van der Waals surface area contributed by atoms with Crippen molar-refractivity contribution in [1.82, 2.24) is 4.72 Å². The fourth-order valence-corrected chi connectivity index (χ4v) is 3.85. The summed E-state index contributed by atoms with van der Waals surface area (Å²) in [5.41, 5.74) is 3.68. The molecule has 0 unspecified atom stereocenters. The van der Waals surface area contributed by atoms with Crippen LogP contribution < -0.4 is 10.0 Å². The summed E-state index contributed by atoms with van der Waals surface area (Å²) in [6.07, 6.45) is 0. The van der Waals surface area contributed by atoms with Crippen molar-refractivity contribution in [2.45, 2.75) is 51.5 Å². The Morgan fingerprint density at radius 2 is 1.58 bits per heavy atom. The van der Waals surface area contributed by atoms with Crippen LogP contribution in [0.15, 0.2) is 47.4 Å². The Labute approximate surface area is 155 Å². The zero-order chi connectivity index (χ0) is 19.5. The number of carbonyl (C=O) groups is 1. The van der Waals surface area contributed by atoms with Crippen LogP contribution in [0.5, 0.6) is 0 Å². The average Bonchev–Trinajstić information content (AvgIpc) is 2.56. The number of amides is 1. The summed E-state index contributed by atoms with van der Waals surface area (Å²) >= 11 is 0. The molecular weight excluding hydrogens is 348 g/mol. The first-order valence-electron chi connectivity index (χ1n) is 8.61. The summed E-state index contributed by atoms with van der Waals surface area (Å²) < 4.78 is 27.4. The van der Waals surface area contributed by atoms with E-state index in [1.807, 2.05) is 45.9 Å². The van der Waals surface area contributed by atoms with Crippen molar-refractivity contribution < 1.29 is 13.2 Å². The highest BCUT2D eigenvalue weighted by Gasteiger charge is 2.23. The van der Waals surface area contributed by atoms with Gasteiger partial charge in [-0.05, 0) is 49.9 Å². The summed E-state index contributed by atoms with van der Waals surface area (Å²) in [5, 5.41) is 2.88. The SMILES string of the molecule is Cc1ccc(S(=O)(=O)N[C@H](C)C(=O)Nc2c(C)cccc2C(C)C)cc1. The average molecular weight is 375 g/mol. The lowest BCUT2D eigenvalue weighted by atomic mass is 9.98. The van der Waals surface area contributed by atoms with Crippen molar-refractivity contribution in [3.05, 3.63) is 59.2 Å². The van der Waals surface area contributed by atoms with Gasteiger partial charge in [0.25, 0.3) is 0 Å². The Balaban J connectivity index is 2.17. The molecule has 0 bridgehead atoms. The minimum absolute atomic E-state index is 0.140. The van der Waals surface area contributed by atoms with Crippen LogP contribution >= 0.6 is 0 Å². The van der Waals surface area contributed by atoms with Crippen LogP contribution in [-0.2, 0) is 14.8 Å². The second-order valence-corrected chi connectivity index (χ2v) is 8.55. The highest BCUT2D eigenvalue weighted by Crippen LogP contribution is 2.27. The Bertz CT molecular complexity index is 888. The lowest BCUT2D eigenvalue weighted by Gasteiger charge is -2.19. The molecule has 140 valence electrons. The smallest absolute Gasteiger partial charge is 0.242 e. The van der Waals surface area contributed by atoms with E-state index < -0.39 is 22.0 Å². The molecule has 0 aliphatic carbocycles. The van der Waals surface area contributed by atoms with Crippen molar-refractivity contribution in [2.75, 3.05) is 5.32 Å². The molecule has 26 heavy (non-hydrogen) atoms. The molecule has 2 aromatic rings. The van der Waals surface area contributed by atoms with Gasteiger partial charge in [0.1, 0.15) is 0 Å². The zero-order valence-corrected chi connectivity index (χ0v) is 16.6. The number of benzene rings is 2. The number of anilines is 1. The normalized spacial score (nSPS) is 12.8. The Kier molecular flexibility index (Phi) is 6.21. The first-order valence-corrected chi connectivity index (χ1v) is 10.1. The summed E-state index contributed by atoms with van der Waals surface area (Å²) in [5.74, 6) is -0.151. The first kappa shape index (κ1) is 20.1. The van der Waals surface area contributed by atoms with Crippen LogP contribution in [-0.4, -0.2) is 20.4 Å². The lowest BCUT2D eigenvalue weighted by Crippen LogP contribution is -2.41. The van der Waals surface area contributed by atoms with E-state index in [9.17, 15) is 13.2 Å². The second kappa shape index (κ2) is 8.01. The molecule has 2 rings (SSSR count). The van der Waals surface area contributed by atoms with E-state index in [0.29, 0.717) is 0 Å². The van der Waals surface area contributed by atoms with E-state index in [4.69, 9.17) is 0 Å². The Morgan fingerprint density at radius 1 is 0.962 bits per heavy atom. The number of hydrogen-bond acceptors (Lipinski definition) is 3. The molecule has 6 heteroatoms. The van der Waals surface area contributed by atoms with E-state index in [0.717, 1.165) is 22.4 Å². The maximum Gasteiger partial charge on any atom is 0.242 e. The second-order valence-electron chi connectivity index (χ2n) is 6.84. The van der Waals surface area contributed by atoms with Gasteiger partial charge in [-0.2, -0.15) is 4.72 Å². The van der Waals surface area contributed by atoms with E-state index in [-0.39, 0.29) is 10.8 Å². The van der Waals surface area contributed by atoms with Gasteiger partial charge in [-0.1, -0.05) is 49.7 Å². The van der Waals surface area contributed by atoms with Gasteiger partial charge in [-0.15, -0.1) is 0 Å².